The molecule has 5 nitrogen and oxygen atoms in total. The van der Waals surface area contributed by atoms with E-state index in [4.69, 9.17) is 0 Å². The topological polar surface area (TPSA) is 58.1 Å². The van der Waals surface area contributed by atoms with Gasteiger partial charge in [-0.1, -0.05) is 29.8 Å². The van der Waals surface area contributed by atoms with Crippen molar-refractivity contribution in [1.29, 1.82) is 0 Å². The number of anilines is 2. The van der Waals surface area contributed by atoms with Crippen LogP contribution in [0.25, 0.3) is 21.3 Å². The zero-order valence-electron chi connectivity index (χ0n) is 15.9. The van der Waals surface area contributed by atoms with E-state index in [0.717, 1.165) is 32.8 Å². The molecule has 0 aliphatic heterocycles. The monoisotopic (exact) mass is 388 g/mol. The first-order valence-corrected chi connectivity index (χ1v) is 9.79. The highest BCUT2D eigenvalue weighted by Crippen LogP contribution is 2.37. The van der Waals surface area contributed by atoms with E-state index in [1.165, 1.54) is 5.56 Å². The number of carbonyl (C=O) groups is 1. The van der Waals surface area contributed by atoms with Crippen LogP contribution in [0, 0.1) is 6.92 Å². The van der Waals surface area contributed by atoms with E-state index in [9.17, 15) is 4.79 Å². The summed E-state index contributed by atoms with van der Waals surface area (Å²) in [7, 11) is 3.49. The molecule has 4 aromatic rings. The van der Waals surface area contributed by atoms with Crippen molar-refractivity contribution in [3.05, 3.63) is 71.4 Å². The first-order valence-electron chi connectivity index (χ1n) is 8.91. The van der Waals surface area contributed by atoms with Crippen molar-refractivity contribution in [3.63, 3.8) is 0 Å². The van der Waals surface area contributed by atoms with E-state index in [1.807, 2.05) is 24.3 Å². The van der Waals surface area contributed by atoms with Crippen LogP contribution >= 0.6 is 11.3 Å². The number of hydrogen-bond donors (Lipinski definition) is 1. The molecular formula is C22H20N4OS. The molecule has 0 atom stereocenters. The van der Waals surface area contributed by atoms with Gasteiger partial charge in [0.25, 0.3) is 5.91 Å². The predicted octanol–water partition coefficient (Wildman–Crippen LogP) is 5.11. The lowest BCUT2D eigenvalue weighted by molar-refractivity contribution is 0.0827. The minimum Gasteiger partial charge on any atom is -0.345 e. The van der Waals surface area contributed by atoms with E-state index in [0.29, 0.717) is 5.56 Å². The van der Waals surface area contributed by atoms with Gasteiger partial charge in [0.1, 0.15) is 17.0 Å². The molecule has 140 valence electrons. The van der Waals surface area contributed by atoms with Gasteiger partial charge in [0.2, 0.25) is 0 Å². The number of carbonyl (C=O) groups excluding carboxylic acids is 1. The third-order valence-electron chi connectivity index (χ3n) is 4.53. The van der Waals surface area contributed by atoms with Crippen molar-refractivity contribution in [1.82, 2.24) is 14.9 Å². The Morgan fingerprint density at radius 2 is 1.71 bits per heavy atom. The number of aromatic nitrogens is 2. The van der Waals surface area contributed by atoms with Crippen LogP contribution in [0.1, 0.15) is 15.9 Å². The summed E-state index contributed by atoms with van der Waals surface area (Å²) in [5.74, 6) is 0.740. The summed E-state index contributed by atoms with van der Waals surface area (Å²) in [6, 6.07) is 15.9. The van der Waals surface area contributed by atoms with E-state index < -0.39 is 0 Å². The first kappa shape index (κ1) is 18.1. The number of benzene rings is 2. The highest BCUT2D eigenvalue weighted by Gasteiger charge is 2.14. The number of fused-ring (bicyclic) bond motifs is 1. The van der Waals surface area contributed by atoms with Gasteiger partial charge in [-0.15, -0.1) is 11.3 Å². The molecule has 1 N–H and O–H groups in total. The summed E-state index contributed by atoms with van der Waals surface area (Å²) in [5.41, 5.74) is 5.00. The average molecular weight is 388 g/mol. The molecule has 1 amide bonds. The number of nitrogens with zero attached hydrogens (tertiary/aromatic N) is 3. The average Bonchev–Trinajstić information content (AvgIpc) is 3.14. The lowest BCUT2D eigenvalue weighted by Crippen LogP contribution is -2.21. The number of aryl methyl sites for hydroxylation is 1. The normalized spacial score (nSPS) is 10.8. The van der Waals surface area contributed by atoms with Gasteiger partial charge in [-0.25, -0.2) is 9.97 Å². The second-order valence-corrected chi connectivity index (χ2v) is 7.68. The predicted molar refractivity (Wildman–Crippen MR) is 115 cm³/mol. The summed E-state index contributed by atoms with van der Waals surface area (Å²) < 4.78 is 0. The zero-order valence-corrected chi connectivity index (χ0v) is 16.7. The summed E-state index contributed by atoms with van der Waals surface area (Å²) >= 11 is 1.61. The number of thiophene rings is 1. The zero-order chi connectivity index (χ0) is 19.7. The van der Waals surface area contributed by atoms with Gasteiger partial charge in [0.15, 0.2) is 0 Å². The quantitative estimate of drug-likeness (QED) is 0.528. The number of rotatable bonds is 4. The van der Waals surface area contributed by atoms with Gasteiger partial charge in [0, 0.05) is 36.3 Å². The maximum absolute atomic E-state index is 12.1. The van der Waals surface area contributed by atoms with Crippen LogP contribution in [-0.2, 0) is 0 Å². The van der Waals surface area contributed by atoms with Crippen LogP contribution in [0.15, 0.2) is 60.2 Å². The van der Waals surface area contributed by atoms with Crippen molar-refractivity contribution in [2.24, 2.45) is 0 Å². The van der Waals surface area contributed by atoms with E-state index in [1.54, 1.807) is 36.7 Å². The van der Waals surface area contributed by atoms with Gasteiger partial charge >= 0.3 is 0 Å². The molecule has 0 fully saturated rings. The molecule has 0 aliphatic rings. The Bertz CT molecular complexity index is 1130. The maximum atomic E-state index is 12.1. The SMILES string of the molecule is Cc1ccc(-c2csc3ncnc(Nc4ccc(C(=O)N(C)C)cc4)c23)cc1. The van der Waals surface area contributed by atoms with Crippen molar-refractivity contribution < 1.29 is 4.79 Å². The van der Waals surface area contributed by atoms with Gasteiger partial charge in [-0.3, -0.25) is 4.79 Å². The van der Waals surface area contributed by atoms with Gasteiger partial charge in [-0.05, 0) is 36.8 Å². The molecular weight excluding hydrogens is 368 g/mol. The molecule has 0 radical (unpaired) electrons. The molecule has 4 rings (SSSR count). The summed E-state index contributed by atoms with van der Waals surface area (Å²) in [6.45, 7) is 2.08. The highest BCUT2D eigenvalue weighted by molar-refractivity contribution is 7.17. The van der Waals surface area contributed by atoms with Crippen LogP contribution in [0.5, 0.6) is 0 Å². The fraction of sp³-hybridized carbons (Fsp3) is 0.136. The Balaban J connectivity index is 1.70. The first-order chi connectivity index (χ1) is 13.5. The molecule has 0 bridgehead atoms. The number of amides is 1. The van der Waals surface area contributed by atoms with Crippen LogP contribution in [0.4, 0.5) is 11.5 Å². The largest absolute Gasteiger partial charge is 0.345 e. The smallest absolute Gasteiger partial charge is 0.253 e. The molecule has 6 heteroatoms. The fourth-order valence-electron chi connectivity index (χ4n) is 3.01. The second kappa shape index (κ2) is 7.40. The summed E-state index contributed by atoms with van der Waals surface area (Å²) in [4.78, 5) is 23.5. The fourth-order valence-corrected chi connectivity index (χ4v) is 3.92. The molecule has 0 spiro atoms. The lowest BCUT2D eigenvalue weighted by Gasteiger charge is -2.12. The number of nitrogens with one attached hydrogen (secondary N) is 1. The van der Waals surface area contributed by atoms with E-state index in [-0.39, 0.29) is 5.91 Å². The van der Waals surface area contributed by atoms with Crippen molar-refractivity contribution in [3.8, 4) is 11.1 Å². The third kappa shape index (κ3) is 3.46. The summed E-state index contributed by atoms with van der Waals surface area (Å²) in [6.07, 6.45) is 1.57. The van der Waals surface area contributed by atoms with Gasteiger partial charge < -0.3 is 10.2 Å². The van der Waals surface area contributed by atoms with Crippen LogP contribution in [-0.4, -0.2) is 34.9 Å². The highest BCUT2D eigenvalue weighted by atomic mass is 32.1. The molecule has 0 saturated heterocycles. The Hall–Kier alpha value is -3.25. The number of hydrogen-bond acceptors (Lipinski definition) is 5. The van der Waals surface area contributed by atoms with Crippen molar-refractivity contribution in [2.75, 3.05) is 19.4 Å². The molecule has 0 aliphatic carbocycles. The van der Waals surface area contributed by atoms with Gasteiger partial charge in [-0.2, -0.15) is 0 Å². The molecule has 0 saturated carbocycles. The molecule has 2 aromatic carbocycles. The molecule has 0 unspecified atom stereocenters. The molecule has 28 heavy (non-hydrogen) atoms. The second-order valence-electron chi connectivity index (χ2n) is 6.82. The maximum Gasteiger partial charge on any atom is 0.253 e. The minimum atomic E-state index is -0.0181. The molecule has 2 heterocycles. The standard InChI is InChI=1S/C22H20N4OS/c1-14-4-6-15(7-5-14)18-12-28-21-19(18)20(23-13-24-21)25-17-10-8-16(9-11-17)22(27)26(2)3/h4-13H,1-3H3,(H,23,24,25). The van der Waals surface area contributed by atoms with Crippen LogP contribution < -0.4 is 5.32 Å². The summed E-state index contributed by atoms with van der Waals surface area (Å²) in [5, 5.41) is 6.50. The Morgan fingerprint density at radius 1 is 1.00 bits per heavy atom. The minimum absolute atomic E-state index is 0.0181. The Morgan fingerprint density at radius 3 is 2.39 bits per heavy atom. The lowest BCUT2D eigenvalue weighted by atomic mass is 10.0. The third-order valence-corrected chi connectivity index (χ3v) is 5.42. The van der Waals surface area contributed by atoms with E-state index in [2.05, 4.69) is 51.9 Å². The molecule has 2 aromatic heterocycles. The van der Waals surface area contributed by atoms with Crippen molar-refractivity contribution in [2.45, 2.75) is 6.92 Å². The Kier molecular flexibility index (Phi) is 4.79. The van der Waals surface area contributed by atoms with Crippen LogP contribution in [0.3, 0.4) is 0 Å². The van der Waals surface area contributed by atoms with Crippen LogP contribution in [0.2, 0.25) is 0 Å². The van der Waals surface area contributed by atoms with Gasteiger partial charge in [0.05, 0.1) is 5.39 Å². The van der Waals surface area contributed by atoms with Crippen molar-refractivity contribution >= 4 is 39.0 Å². The Labute approximate surface area is 167 Å². The van der Waals surface area contributed by atoms with E-state index >= 15 is 0 Å².